The third-order valence-electron chi connectivity index (χ3n) is 8.17. The molecule has 13 heteroatoms. The topological polar surface area (TPSA) is 163 Å². The molecule has 0 radical (unpaired) electrons. The van der Waals surface area contributed by atoms with Crippen LogP contribution in [0, 0.1) is 0 Å². The summed E-state index contributed by atoms with van der Waals surface area (Å²) in [5, 5.41) is 23.0. The molecule has 0 aliphatic carbocycles. The third-order valence-corrected chi connectivity index (χ3v) is 9.81. The summed E-state index contributed by atoms with van der Waals surface area (Å²) in [6.45, 7) is -0.364. The van der Waals surface area contributed by atoms with Crippen molar-refractivity contribution in [2.24, 2.45) is 0 Å². The molecule has 2 bridgehead atoms. The Morgan fingerprint density at radius 2 is 1.39 bits per heavy atom. The smallest absolute Gasteiger partial charge is 0.326 e. The summed E-state index contributed by atoms with van der Waals surface area (Å²) in [7, 11) is 0. The van der Waals surface area contributed by atoms with E-state index in [4.69, 9.17) is 4.74 Å². The number of carboxylic acids is 1. The molecular formula is C36H37BrN4O7S. The van der Waals surface area contributed by atoms with Crippen LogP contribution in [0.15, 0.2) is 94.8 Å². The predicted octanol–water partition coefficient (Wildman–Crippen LogP) is 3.30. The monoisotopic (exact) mass is 748 g/mol. The van der Waals surface area contributed by atoms with Crippen molar-refractivity contribution in [2.75, 3.05) is 6.61 Å². The van der Waals surface area contributed by atoms with Crippen molar-refractivity contribution in [1.82, 2.24) is 21.3 Å². The van der Waals surface area contributed by atoms with E-state index in [-0.39, 0.29) is 31.1 Å². The maximum Gasteiger partial charge on any atom is 0.326 e. The maximum absolute atomic E-state index is 14.1. The predicted molar refractivity (Wildman–Crippen MR) is 189 cm³/mol. The van der Waals surface area contributed by atoms with E-state index >= 15 is 0 Å². The second-order valence-corrected chi connectivity index (χ2v) is 14.0. The van der Waals surface area contributed by atoms with Gasteiger partial charge in [0.1, 0.15) is 29.9 Å². The molecule has 5 N–H and O–H groups in total. The number of benzene rings is 3. The summed E-state index contributed by atoms with van der Waals surface area (Å²) in [5.41, 5.74) is 2.09. The Morgan fingerprint density at radius 3 is 2.00 bits per heavy atom. The van der Waals surface area contributed by atoms with Crippen LogP contribution >= 0.6 is 27.7 Å². The van der Waals surface area contributed by atoms with Crippen molar-refractivity contribution < 1.29 is 33.8 Å². The van der Waals surface area contributed by atoms with Crippen LogP contribution in [0.4, 0.5) is 0 Å². The Bertz CT molecular complexity index is 1660. The van der Waals surface area contributed by atoms with E-state index in [1.54, 1.807) is 60.3 Å². The number of carbonyl (C=O) groups excluding carboxylic acids is 4. The Balaban J connectivity index is 1.48. The van der Waals surface area contributed by atoms with Crippen molar-refractivity contribution >= 4 is 57.3 Å². The lowest BCUT2D eigenvalue weighted by molar-refractivity contribution is -0.142. The summed E-state index contributed by atoms with van der Waals surface area (Å²) in [4.78, 5) is 67.1. The van der Waals surface area contributed by atoms with Crippen molar-refractivity contribution in [3.05, 3.63) is 112 Å². The molecule has 3 aliphatic rings. The molecule has 0 aromatic heterocycles. The normalized spacial score (nSPS) is 23.6. The SMILES string of the molecule is O=C1COc2ccc(cc2)C[C@@H](C(=O)O)NC(=O)[C@H](Cc2ccccc2)NC(=O)[C@H](Cc2ccc(Br)cc2)NC(=O)[C@H](CC2CC=CS2)N1. The minimum absolute atomic E-state index is 0.0359. The highest BCUT2D eigenvalue weighted by molar-refractivity contribution is 9.10. The van der Waals surface area contributed by atoms with E-state index in [1.165, 1.54) is 0 Å². The molecule has 11 nitrogen and oxygen atoms in total. The molecule has 0 saturated carbocycles. The molecule has 256 valence electrons. The number of thioether (sulfide) groups is 1. The van der Waals surface area contributed by atoms with Crippen molar-refractivity contribution in [3.63, 3.8) is 0 Å². The fourth-order valence-corrected chi connectivity index (χ4v) is 6.79. The first-order valence-electron chi connectivity index (χ1n) is 15.9. The Labute approximate surface area is 296 Å². The van der Waals surface area contributed by atoms with Gasteiger partial charge < -0.3 is 31.1 Å². The number of rotatable bonds is 7. The zero-order valence-electron chi connectivity index (χ0n) is 26.5. The minimum atomic E-state index is -1.30. The lowest BCUT2D eigenvalue weighted by Crippen LogP contribution is -2.59. The van der Waals surface area contributed by atoms with E-state index in [0.29, 0.717) is 17.7 Å². The van der Waals surface area contributed by atoms with E-state index in [1.807, 2.05) is 41.8 Å². The fraction of sp³-hybridized carbons (Fsp3) is 0.306. The molecule has 3 aromatic carbocycles. The van der Waals surface area contributed by atoms with Gasteiger partial charge in [-0.15, -0.1) is 11.8 Å². The number of fused-ring (bicyclic) bond motifs is 16. The molecule has 49 heavy (non-hydrogen) atoms. The number of hydrogen-bond donors (Lipinski definition) is 5. The number of amides is 4. The standard InChI is InChI=1S/C36H37BrN4O7S/c37-25-12-8-23(9-13-25)18-29-33(43)39-28(17-22-5-2-1-3-6-22)34(44)41-31(36(46)47)19-24-10-14-26(15-11-24)48-21-32(42)38-30(35(45)40-29)20-27-7-4-16-49-27/h1-6,8-16,27-31H,7,17-21H2,(H,38,42)(H,39,43)(H,40,45)(H,41,44)(H,46,47)/t27?,28-,29-,30-,31-/m0/s1. The zero-order valence-corrected chi connectivity index (χ0v) is 28.9. The lowest BCUT2D eigenvalue weighted by atomic mass is 10.0. The van der Waals surface area contributed by atoms with Crippen LogP contribution in [0.3, 0.4) is 0 Å². The van der Waals surface area contributed by atoms with Gasteiger partial charge in [-0.05, 0) is 59.2 Å². The number of nitrogens with one attached hydrogen (secondary N) is 4. The van der Waals surface area contributed by atoms with Gasteiger partial charge in [0, 0.05) is 29.0 Å². The average Bonchev–Trinajstić information content (AvgIpc) is 3.61. The molecule has 1 unspecified atom stereocenters. The summed E-state index contributed by atoms with van der Waals surface area (Å²) < 4.78 is 6.50. The number of carbonyl (C=O) groups is 5. The summed E-state index contributed by atoms with van der Waals surface area (Å²) in [5.74, 6) is -3.28. The molecule has 3 aromatic rings. The van der Waals surface area contributed by atoms with Crippen LogP contribution < -0.4 is 26.0 Å². The van der Waals surface area contributed by atoms with Gasteiger partial charge >= 0.3 is 5.97 Å². The van der Waals surface area contributed by atoms with Crippen molar-refractivity contribution in [2.45, 2.75) is 61.5 Å². The molecule has 0 fully saturated rings. The zero-order chi connectivity index (χ0) is 34.8. The van der Waals surface area contributed by atoms with Gasteiger partial charge in [0.05, 0.1) is 0 Å². The molecular weight excluding hydrogens is 712 g/mol. The number of halogens is 1. The average molecular weight is 750 g/mol. The van der Waals surface area contributed by atoms with Crippen LogP contribution in [0.25, 0.3) is 0 Å². The molecule has 0 spiro atoms. The molecule has 5 atom stereocenters. The van der Waals surface area contributed by atoms with Gasteiger partial charge in [-0.1, -0.05) is 76.6 Å². The Kier molecular flexibility index (Phi) is 12.5. The lowest BCUT2D eigenvalue weighted by Gasteiger charge is -2.27. The molecule has 3 aliphatic heterocycles. The second-order valence-electron chi connectivity index (χ2n) is 11.9. The van der Waals surface area contributed by atoms with Crippen LogP contribution in [0.1, 0.15) is 29.5 Å². The fourth-order valence-electron chi connectivity index (χ4n) is 5.56. The summed E-state index contributed by atoms with van der Waals surface area (Å²) >= 11 is 4.98. The number of allylic oxidation sites excluding steroid dienone is 1. The first-order valence-corrected chi connectivity index (χ1v) is 17.6. The first-order chi connectivity index (χ1) is 23.6. The van der Waals surface area contributed by atoms with Crippen molar-refractivity contribution in [1.29, 1.82) is 0 Å². The van der Waals surface area contributed by atoms with E-state index in [0.717, 1.165) is 22.0 Å². The van der Waals surface area contributed by atoms with Gasteiger partial charge in [-0.25, -0.2) is 4.79 Å². The first kappa shape index (κ1) is 35.7. The molecule has 3 heterocycles. The molecule has 0 saturated heterocycles. The van der Waals surface area contributed by atoms with E-state index in [2.05, 4.69) is 37.2 Å². The Hall–Kier alpha value is -4.62. The van der Waals surface area contributed by atoms with Gasteiger partial charge in [0.15, 0.2) is 6.61 Å². The van der Waals surface area contributed by atoms with Gasteiger partial charge in [0.25, 0.3) is 5.91 Å². The number of carboxylic acid groups (broad SMARTS) is 1. The Morgan fingerprint density at radius 1 is 0.776 bits per heavy atom. The number of ether oxygens (including phenoxy) is 1. The van der Waals surface area contributed by atoms with Crippen LogP contribution in [0.5, 0.6) is 5.75 Å². The second kappa shape index (κ2) is 17.2. The van der Waals surface area contributed by atoms with Crippen molar-refractivity contribution in [3.8, 4) is 5.75 Å². The minimum Gasteiger partial charge on any atom is -0.484 e. The molecule has 6 rings (SSSR count). The van der Waals surface area contributed by atoms with E-state index in [9.17, 15) is 29.1 Å². The van der Waals surface area contributed by atoms with Crippen LogP contribution in [-0.4, -0.2) is 70.7 Å². The van der Waals surface area contributed by atoms with Gasteiger partial charge in [0.2, 0.25) is 17.7 Å². The quantitative estimate of drug-likeness (QED) is 0.230. The number of hydrogen-bond acceptors (Lipinski definition) is 7. The third kappa shape index (κ3) is 10.7. The summed E-state index contributed by atoms with van der Waals surface area (Å²) in [6, 6.07) is 18.2. The number of aliphatic carboxylic acids is 1. The van der Waals surface area contributed by atoms with E-state index < -0.39 is 53.8 Å². The molecule has 4 amide bonds. The van der Waals surface area contributed by atoms with Crippen LogP contribution in [-0.2, 0) is 43.2 Å². The highest BCUT2D eigenvalue weighted by Gasteiger charge is 2.33. The summed E-state index contributed by atoms with van der Waals surface area (Å²) in [6.07, 6.45) is 3.16. The highest BCUT2D eigenvalue weighted by Crippen LogP contribution is 2.28. The maximum atomic E-state index is 14.1. The largest absolute Gasteiger partial charge is 0.484 e. The van der Waals surface area contributed by atoms with Crippen LogP contribution in [0.2, 0.25) is 0 Å². The van der Waals surface area contributed by atoms with Gasteiger partial charge in [-0.2, -0.15) is 0 Å². The van der Waals surface area contributed by atoms with Gasteiger partial charge in [-0.3, -0.25) is 19.2 Å². The highest BCUT2D eigenvalue weighted by atomic mass is 79.9.